The molecule has 0 spiro atoms. The molecular formula is C25H46O4. The van der Waals surface area contributed by atoms with E-state index in [0.29, 0.717) is 19.4 Å². The monoisotopic (exact) mass is 410 g/mol. The van der Waals surface area contributed by atoms with Crippen LogP contribution in [0.1, 0.15) is 129 Å². The molecule has 0 saturated heterocycles. The van der Waals surface area contributed by atoms with Crippen molar-refractivity contribution in [2.45, 2.75) is 129 Å². The maximum atomic E-state index is 12.1. The van der Waals surface area contributed by atoms with Gasteiger partial charge in [0.1, 0.15) is 0 Å². The number of ether oxygens (including phenoxy) is 1. The average molecular weight is 411 g/mol. The van der Waals surface area contributed by atoms with Crippen LogP contribution >= 0.6 is 0 Å². The summed E-state index contributed by atoms with van der Waals surface area (Å²) < 4.78 is 5.39. The molecule has 1 N–H and O–H groups in total. The number of aliphatic carboxylic acids is 1. The normalized spacial score (nSPS) is 19.2. The van der Waals surface area contributed by atoms with Crippen LogP contribution in [0.5, 0.6) is 0 Å². The second kappa shape index (κ2) is 17.8. The van der Waals surface area contributed by atoms with Gasteiger partial charge in [0.15, 0.2) is 0 Å². The van der Waals surface area contributed by atoms with Crippen LogP contribution in [0.3, 0.4) is 0 Å². The van der Waals surface area contributed by atoms with E-state index in [4.69, 9.17) is 9.84 Å². The molecule has 2 unspecified atom stereocenters. The number of esters is 1. The van der Waals surface area contributed by atoms with Crippen LogP contribution in [-0.2, 0) is 14.3 Å². The summed E-state index contributed by atoms with van der Waals surface area (Å²) in [6.07, 6.45) is 22.6. The van der Waals surface area contributed by atoms with Crippen molar-refractivity contribution in [1.82, 2.24) is 0 Å². The number of carbonyl (C=O) groups is 2. The molecule has 0 bridgehead atoms. The van der Waals surface area contributed by atoms with Crippen molar-refractivity contribution < 1.29 is 19.4 Å². The number of hydrogen-bond donors (Lipinski definition) is 1. The number of rotatable bonds is 18. The minimum Gasteiger partial charge on any atom is -0.481 e. The fraction of sp³-hybridized carbons (Fsp3) is 0.920. The highest BCUT2D eigenvalue weighted by Gasteiger charge is 2.31. The Labute approximate surface area is 179 Å². The number of unbranched alkanes of at least 4 members (excludes halogenated alkanes) is 14. The Morgan fingerprint density at radius 2 is 1.17 bits per heavy atom. The molecule has 2 atom stereocenters. The molecular weight excluding hydrogens is 364 g/mol. The van der Waals surface area contributed by atoms with E-state index in [2.05, 4.69) is 6.92 Å². The van der Waals surface area contributed by atoms with Crippen LogP contribution in [0.4, 0.5) is 0 Å². The summed E-state index contributed by atoms with van der Waals surface area (Å²) in [4.78, 5) is 23.2. The van der Waals surface area contributed by atoms with Gasteiger partial charge in [0, 0.05) is 0 Å². The van der Waals surface area contributed by atoms with Gasteiger partial charge in [-0.25, -0.2) is 0 Å². The van der Waals surface area contributed by atoms with Gasteiger partial charge >= 0.3 is 11.9 Å². The lowest BCUT2D eigenvalue weighted by Crippen LogP contribution is -2.28. The van der Waals surface area contributed by atoms with Crippen LogP contribution in [-0.4, -0.2) is 23.7 Å². The van der Waals surface area contributed by atoms with Gasteiger partial charge in [-0.2, -0.15) is 0 Å². The van der Waals surface area contributed by atoms with Crippen molar-refractivity contribution in [1.29, 1.82) is 0 Å². The largest absolute Gasteiger partial charge is 0.481 e. The lowest BCUT2D eigenvalue weighted by molar-refractivity contribution is -0.152. The maximum Gasteiger partial charge on any atom is 0.308 e. The van der Waals surface area contributed by atoms with Crippen molar-refractivity contribution in [2.75, 3.05) is 6.61 Å². The second-order valence-electron chi connectivity index (χ2n) is 9.02. The molecule has 4 heteroatoms. The highest BCUT2D eigenvalue weighted by molar-refractivity contribution is 5.75. The molecule has 0 heterocycles. The quantitative estimate of drug-likeness (QED) is 0.190. The smallest absolute Gasteiger partial charge is 0.308 e. The lowest BCUT2D eigenvalue weighted by atomic mass is 9.81. The summed E-state index contributed by atoms with van der Waals surface area (Å²) >= 11 is 0. The predicted molar refractivity (Wildman–Crippen MR) is 119 cm³/mol. The van der Waals surface area contributed by atoms with Gasteiger partial charge in [0.2, 0.25) is 0 Å². The summed E-state index contributed by atoms with van der Waals surface area (Å²) in [6, 6.07) is 0. The van der Waals surface area contributed by atoms with Crippen molar-refractivity contribution >= 4 is 11.9 Å². The third kappa shape index (κ3) is 13.7. The number of carboxylic acids is 1. The van der Waals surface area contributed by atoms with E-state index < -0.39 is 5.97 Å². The first-order chi connectivity index (χ1) is 14.1. The van der Waals surface area contributed by atoms with Crippen LogP contribution in [0.25, 0.3) is 0 Å². The van der Waals surface area contributed by atoms with E-state index in [1.807, 2.05) is 0 Å². The molecule has 0 aromatic heterocycles. The van der Waals surface area contributed by atoms with Gasteiger partial charge in [-0.05, 0) is 25.7 Å². The van der Waals surface area contributed by atoms with Gasteiger partial charge in [-0.3, -0.25) is 9.59 Å². The summed E-state index contributed by atoms with van der Waals surface area (Å²) in [6.45, 7) is 2.76. The topological polar surface area (TPSA) is 63.6 Å². The molecule has 0 amide bonds. The van der Waals surface area contributed by atoms with Gasteiger partial charge in [-0.15, -0.1) is 0 Å². The summed E-state index contributed by atoms with van der Waals surface area (Å²) in [7, 11) is 0. The average Bonchev–Trinajstić information content (AvgIpc) is 2.73. The van der Waals surface area contributed by atoms with Crippen molar-refractivity contribution in [3.05, 3.63) is 0 Å². The lowest BCUT2D eigenvalue weighted by Gasteiger charge is -2.25. The third-order valence-electron chi connectivity index (χ3n) is 6.35. The molecule has 1 aliphatic rings. The SMILES string of the molecule is CCCCCCCCCCCCCCCCCOC(=O)C1CCCC(C(=O)O)C1. The van der Waals surface area contributed by atoms with E-state index in [1.165, 1.54) is 83.5 Å². The fourth-order valence-corrected chi connectivity index (χ4v) is 4.39. The third-order valence-corrected chi connectivity index (χ3v) is 6.35. The molecule has 0 aromatic rings. The zero-order chi connectivity index (χ0) is 21.2. The highest BCUT2D eigenvalue weighted by Crippen LogP contribution is 2.30. The molecule has 1 saturated carbocycles. The molecule has 0 aliphatic heterocycles. The summed E-state index contributed by atoms with van der Waals surface area (Å²) in [5, 5.41) is 9.11. The summed E-state index contributed by atoms with van der Waals surface area (Å²) in [5.74, 6) is -1.53. The first-order valence-electron chi connectivity index (χ1n) is 12.5. The van der Waals surface area contributed by atoms with Crippen LogP contribution < -0.4 is 0 Å². The number of carbonyl (C=O) groups excluding carboxylic acids is 1. The van der Waals surface area contributed by atoms with E-state index in [0.717, 1.165) is 25.7 Å². The first-order valence-corrected chi connectivity index (χ1v) is 12.5. The Morgan fingerprint density at radius 1 is 0.724 bits per heavy atom. The van der Waals surface area contributed by atoms with Crippen LogP contribution in [0.2, 0.25) is 0 Å². The molecule has 170 valence electrons. The van der Waals surface area contributed by atoms with Gasteiger partial charge in [0.25, 0.3) is 0 Å². The molecule has 0 aromatic carbocycles. The van der Waals surface area contributed by atoms with Crippen LogP contribution in [0, 0.1) is 11.8 Å². The molecule has 0 radical (unpaired) electrons. The van der Waals surface area contributed by atoms with Crippen molar-refractivity contribution in [3.8, 4) is 0 Å². The zero-order valence-corrected chi connectivity index (χ0v) is 19.0. The Bertz CT molecular complexity index is 421. The molecule has 29 heavy (non-hydrogen) atoms. The molecule has 1 fully saturated rings. The second-order valence-corrected chi connectivity index (χ2v) is 9.02. The molecule has 1 rings (SSSR count). The highest BCUT2D eigenvalue weighted by atomic mass is 16.5. The Hall–Kier alpha value is -1.06. The van der Waals surface area contributed by atoms with Gasteiger partial charge in [0.05, 0.1) is 18.4 Å². The van der Waals surface area contributed by atoms with Crippen molar-refractivity contribution in [2.24, 2.45) is 11.8 Å². The minimum absolute atomic E-state index is 0.179. The first kappa shape index (κ1) is 26.0. The van der Waals surface area contributed by atoms with Gasteiger partial charge < -0.3 is 9.84 Å². The van der Waals surface area contributed by atoms with Crippen LogP contribution in [0.15, 0.2) is 0 Å². The Balaban J connectivity index is 1.83. The molecule has 4 nitrogen and oxygen atoms in total. The minimum atomic E-state index is -0.773. The predicted octanol–water partition coefficient (Wildman–Crippen LogP) is 7.29. The molecule has 1 aliphatic carbocycles. The van der Waals surface area contributed by atoms with E-state index in [-0.39, 0.29) is 17.8 Å². The van der Waals surface area contributed by atoms with Crippen molar-refractivity contribution in [3.63, 3.8) is 0 Å². The van der Waals surface area contributed by atoms with E-state index >= 15 is 0 Å². The Kier molecular flexibility index (Phi) is 15.9. The maximum absolute atomic E-state index is 12.1. The number of carboxylic acid groups (broad SMARTS) is 1. The Morgan fingerprint density at radius 3 is 1.66 bits per heavy atom. The van der Waals surface area contributed by atoms with Gasteiger partial charge in [-0.1, -0.05) is 103 Å². The zero-order valence-electron chi connectivity index (χ0n) is 19.0. The van der Waals surface area contributed by atoms with E-state index in [1.54, 1.807) is 0 Å². The summed E-state index contributed by atoms with van der Waals surface area (Å²) in [5.41, 5.74) is 0. The number of hydrogen-bond acceptors (Lipinski definition) is 3. The van der Waals surface area contributed by atoms with E-state index in [9.17, 15) is 9.59 Å². The fourth-order valence-electron chi connectivity index (χ4n) is 4.39. The standard InChI is InChI=1S/C25H46O4/c1-2-3-4-5-6-7-8-9-10-11-12-13-14-15-16-20-29-25(28)23-19-17-18-22(21-23)24(26)27/h22-23H,2-21H2,1H3,(H,26,27).